The molecule has 31 heavy (non-hydrogen) atoms. The van der Waals surface area contributed by atoms with E-state index in [4.69, 9.17) is 21.7 Å². The van der Waals surface area contributed by atoms with E-state index in [0.717, 1.165) is 10.9 Å². The fourth-order valence-electron chi connectivity index (χ4n) is 2.52. The largest absolute Gasteiger partial charge is 0.490 e. The summed E-state index contributed by atoms with van der Waals surface area (Å²) in [5.41, 5.74) is 1.42. The lowest BCUT2D eigenvalue weighted by Crippen LogP contribution is -2.34. The first-order valence-electron chi connectivity index (χ1n) is 9.78. The summed E-state index contributed by atoms with van der Waals surface area (Å²) >= 11 is 8.64. The maximum atomic E-state index is 12.7. The van der Waals surface area contributed by atoms with Crippen LogP contribution in [0.25, 0.3) is 0 Å². The second kappa shape index (κ2) is 12.4. The second-order valence-electron chi connectivity index (χ2n) is 6.75. The van der Waals surface area contributed by atoms with Crippen LogP contribution in [-0.4, -0.2) is 43.3 Å². The Bertz CT molecular complexity index is 939. The molecule has 0 aliphatic carbocycles. The van der Waals surface area contributed by atoms with Crippen molar-refractivity contribution < 1.29 is 19.1 Å². The van der Waals surface area contributed by atoms with Crippen molar-refractivity contribution >= 4 is 50.8 Å². The Kier molecular flexibility index (Phi) is 9.90. The van der Waals surface area contributed by atoms with Crippen LogP contribution in [0.3, 0.4) is 0 Å². The van der Waals surface area contributed by atoms with Crippen LogP contribution in [-0.2, 0) is 4.74 Å². The average molecular weight is 508 g/mol. The quantitative estimate of drug-likeness (QED) is 0.349. The Hall–Kier alpha value is -2.49. The lowest BCUT2D eigenvalue weighted by molar-refractivity contribution is 0.0937. The van der Waals surface area contributed by atoms with Crippen molar-refractivity contribution in [2.24, 2.45) is 0 Å². The summed E-state index contributed by atoms with van der Waals surface area (Å²) in [5, 5.41) is 8.60. The SMILES string of the molecule is CCC(C)NC(=O)c1cccc(NC(=S)NC(=O)c2cc(Br)ccc2OCCOC)c1. The lowest BCUT2D eigenvalue weighted by Gasteiger charge is -2.14. The molecule has 0 heterocycles. The summed E-state index contributed by atoms with van der Waals surface area (Å²) in [4.78, 5) is 25.1. The standard InChI is InChI=1S/C22H26BrN3O4S/c1-4-14(2)24-20(27)15-6-5-7-17(12-15)25-22(31)26-21(28)18-13-16(23)8-9-19(18)30-11-10-29-3/h5-9,12-14H,4,10-11H2,1-3H3,(H,24,27)(H2,25,26,28,31). The monoisotopic (exact) mass is 507 g/mol. The molecule has 0 aromatic heterocycles. The number of thiocarbonyl (C=S) groups is 1. The highest BCUT2D eigenvalue weighted by Gasteiger charge is 2.15. The van der Waals surface area contributed by atoms with E-state index in [0.29, 0.717) is 35.8 Å². The van der Waals surface area contributed by atoms with E-state index in [1.54, 1.807) is 49.6 Å². The lowest BCUT2D eigenvalue weighted by atomic mass is 10.1. The van der Waals surface area contributed by atoms with Crippen LogP contribution in [0, 0.1) is 0 Å². The number of halogens is 1. The zero-order chi connectivity index (χ0) is 22.8. The minimum atomic E-state index is -0.420. The molecule has 2 rings (SSSR count). The first-order chi connectivity index (χ1) is 14.8. The molecule has 1 unspecified atom stereocenters. The molecular formula is C22H26BrN3O4S. The van der Waals surface area contributed by atoms with Crippen molar-refractivity contribution in [1.29, 1.82) is 0 Å². The van der Waals surface area contributed by atoms with E-state index >= 15 is 0 Å². The second-order valence-corrected chi connectivity index (χ2v) is 8.08. The van der Waals surface area contributed by atoms with Gasteiger partial charge in [-0.3, -0.25) is 14.9 Å². The summed E-state index contributed by atoms with van der Waals surface area (Å²) in [5.74, 6) is -0.166. The van der Waals surface area contributed by atoms with E-state index < -0.39 is 5.91 Å². The Labute approximate surface area is 196 Å². The van der Waals surface area contributed by atoms with Gasteiger partial charge in [-0.05, 0) is 62.0 Å². The molecule has 2 aromatic rings. The van der Waals surface area contributed by atoms with Gasteiger partial charge >= 0.3 is 0 Å². The van der Waals surface area contributed by atoms with Gasteiger partial charge in [-0.15, -0.1) is 0 Å². The van der Waals surface area contributed by atoms with E-state index in [-0.39, 0.29) is 17.1 Å². The molecule has 0 radical (unpaired) electrons. The number of benzene rings is 2. The highest BCUT2D eigenvalue weighted by atomic mass is 79.9. The van der Waals surface area contributed by atoms with Gasteiger partial charge in [0, 0.05) is 28.9 Å². The van der Waals surface area contributed by atoms with Crippen molar-refractivity contribution in [3.63, 3.8) is 0 Å². The van der Waals surface area contributed by atoms with Gasteiger partial charge in [-0.25, -0.2) is 0 Å². The minimum Gasteiger partial charge on any atom is -0.490 e. The molecule has 166 valence electrons. The highest BCUT2D eigenvalue weighted by Crippen LogP contribution is 2.23. The maximum Gasteiger partial charge on any atom is 0.261 e. The molecule has 0 spiro atoms. The van der Waals surface area contributed by atoms with Crippen molar-refractivity contribution in [3.05, 3.63) is 58.1 Å². The van der Waals surface area contributed by atoms with Crippen LogP contribution in [0.15, 0.2) is 46.9 Å². The molecule has 0 saturated heterocycles. The van der Waals surface area contributed by atoms with Crippen molar-refractivity contribution in [2.75, 3.05) is 25.6 Å². The van der Waals surface area contributed by atoms with Crippen molar-refractivity contribution in [2.45, 2.75) is 26.3 Å². The summed E-state index contributed by atoms with van der Waals surface area (Å²) in [6.07, 6.45) is 0.840. The van der Waals surface area contributed by atoms with Gasteiger partial charge in [0.2, 0.25) is 0 Å². The average Bonchev–Trinajstić information content (AvgIpc) is 2.74. The molecule has 7 nitrogen and oxygen atoms in total. The fraction of sp³-hybridized carbons (Fsp3) is 0.318. The van der Waals surface area contributed by atoms with Crippen LogP contribution in [0.5, 0.6) is 5.75 Å². The number of amides is 2. The molecule has 0 aliphatic rings. The van der Waals surface area contributed by atoms with Crippen LogP contribution < -0.4 is 20.7 Å². The predicted octanol–water partition coefficient (Wildman–Crippen LogP) is 4.13. The van der Waals surface area contributed by atoms with Gasteiger partial charge in [0.1, 0.15) is 12.4 Å². The zero-order valence-corrected chi connectivity index (χ0v) is 20.1. The number of rotatable bonds is 9. The van der Waals surface area contributed by atoms with Gasteiger partial charge in [-0.2, -0.15) is 0 Å². The highest BCUT2D eigenvalue weighted by molar-refractivity contribution is 9.10. The summed E-state index contributed by atoms with van der Waals surface area (Å²) in [7, 11) is 1.58. The first kappa shape index (κ1) is 24.8. The molecular weight excluding hydrogens is 482 g/mol. The number of carbonyl (C=O) groups is 2. The third-order valence-corrected chi connectivity index (χ3v) is 5.03. The Morgan fingerprint density at radius 1 is 1.13 bits per heavy atom. The Morgan fingerprint density at radius 2 is 1.90 bits per heavy atom. The first-order valence-corrected chi connectivity index (χ1v) is 11.0. The number of ether oxygens (including phenoxy) is 2. The molecule has 3 N–H and O–H groups in total. The summed E-state index contributed by atoms with van der Waals surface area (Å²) in [6, 6.07) is 12.1. The van der Waals surface area contributed by atoms with E-state index in [9.17, 15) is 9.59 Å². The smallest absolute Gasteiger partial charge is 0.261 e. The topological polar surface area (TPSA) is 88.7 Å². The summed E-state index contributed by atoms with van der Waals surface area (Å²) < 4.78 is 11.3. The molecule has 2 amide bonds. The number of hydrogen-bond donors (Lipinski definition) is 3. The van der Waals surface area contributed by atoms with Crippen LogP contribution in [0.2, 0.25) is 0 Å². The van der Waals surface area contributed by atoms with E-state index in [1.807, 2.05) is 13.8 Å². The van der Waals surface area contributed by atoms with Gasteiger partial charge in [0.25, 0.3) is 11.8 Å². The Balaban J connectivity index is 2.05. The fourth-order valence-corrected chi connectivity index (χ4v) is 3.09. The molecule has 9 heteroatoms. The molecule has 1 atom stereocenters. The molecule has 0 saturated carbocycles. The van der Waals surface area contributed by atoms with Gasteiger partial charge < -0.3 is 20.1 Å². The number of nitrogens with one attached hydrogen (secondary N) is 3. The Morgan fingerprint density at radius 3 is 2.61 bits per heavy atom. The third kappa shape index (κ3) is 7.93. The normalized spacial score (nSPS) is 11.4. The van der Waals surface area contributed by atoms with Crippen LogP contribution >= 0.6 is 28.1 Å². The van der Waals surface area contributed by atoms with E-state index in [2.05, 4.69) is 31.9 Å². The summed E-state index contributed by atoms with van der Waals surface area (Å²) in [6.45, 7) is 4.66. The van der Waals surface area contributed by atoms with Crippen LogP contribution in [0.1, 0.15) is 41.0 Å². The number of carbonyl (C=O) groups excluding carboxylic acids is 2. The molecule has 0 fully saturated rings. The molecule has 0 aliphatic heterocycles. The number of anilines is 1. The zero-order valence-electron chi connectivity index (χ0n) is 17.7. The van der Waals surface area contributed by atoms with E-state index in [1.165, 1.54) is 0 Å². The predicted molar refractivity (Wildman–Crippen MR) is 129 cm³/mol. The van der Waals surface area contributed by atoms with Gasteiger partial charge in [0.05, 0.1) is 12.2 Å². The van der Waals surface area contributed by atoms with Crippen LogP contribution in [0.4, 0.5) is 5.69 Å². The molecule has 2 aromatic carbocycles. The van der Waals surface area contributed by atoms with Gasteiger partial charge in [-0.1, -0.05) is 28.9 Å². The minimum absolute atomic E-state index is 0.0787. The van der Waals surface area contributed by atoms with Crippen molar-refractivity contribution in [1.82, 2.24) is 10.6 Å². The number of hydrogen-bond acceptors (Lipinski definition) is 5. The molecule has 0 bridgehead atoms. The number of methoxy groups -OCH3 is 1. The maximum absolute atomic E-state index is 12.7. The third-order valence-electron chi connectivity index (χ3n) is 4.33. The van der Waals surface area contributed by atoms with Gasteiger partial charge in [0.15, 0.2) is 5.11 Å². The van der Waals surface area contributed by atoms with Crippen molar-refractivity contribution in [3.8, 4) is 5.75 Å².